The second kappa shape index (κ2) is 12.1. The molecule has 5 N–H and O–H groups in total. The third-order valence-corrected chi connectivity index (χ3v) is 3.24. The summed E-state index contributed by atoms with van der Waals surface area (Å²) in [4.78, 5) is 0. The molecule has 7 heteroatoms. The van der Waals surface area contributed by atoms with Gasteiger partial charge in [-0.3, -0.25) is 0 Å². The predicted molar refractivity (Wildman–Crippen MR) is 91.6 cm³/mol. The summed E-state index contributed by atoms with van der Waals surface area (Å²) < 4.78 is 10.5. The maximum Gasteiger partial charge on any atom is 0.187 e. The molecule has 7 nitrogen and oxygen atoms in total. The molecule has 1 saturated heterocycles. The van der Waals surface area contributed by atoms with Gasteiger partial charge in [-0.1, -0.05) is 11.8 Å². The van der Waals surface area contributed by atoms with E-state index in [0.717, 1.165) is 0 Å². The van der Waals surface area contributed by atoms with Crippen molar-refractivity contribution in [2.75, 3.05) is 13.2 Å². The van der Waals surface area contributed by atoms with Gasteiger partial charge in [0.15, 0.2) is 6.29 Å². The second-order valence-electron chi connectivity index (χ2n) is 5.06. The fourth-order valence-corrected chi connectivity index (χ4v) is 1.92. The third kappa shape index (κ3) is 6.90. The molecule has 6 atom stereocenters. The van der Waals surface area contributed by atoms with E-state index in [9.17, 15) is 20.4 Å². The van der Waals surface area contributed by atoms with Crippen molar-refractivity contribution in [2.45, 2.75) is 43.7 Å². The summed E-state index contributed by atoms with van der Waals surface area (Å²) in [5, 5.41) is 47.7. The largest absolute Gasteiger partial charge is 0.394 e. The third-order valence-electron chi connectivity index (χ3n) is 3.24. The molecule has 0 aromatic heterocycles. The van der Waals surface area contributed by atoms with E-state index in [1.54, 1.807) is 6.92 Å². The highest BCUT2D eigenvalue weighted by Gasteiger charge is 2.44. The number of allylic oxidation sites excluding steroid dienone is 1. The molecule has 0 radical (unpaired) electrons. The minimum absolute atomic E-state index is 0.444. The number of rotatable bonds is 5. The van der Waals surface area contributed by atoms with Gasteiger partial charge in [-0.15, -0.1) is 0 Å². The molecular formula is C19H20O7. The highest BCUT2D eigenvalue weighted by atomic mass is 16.7. The lowest BCUT2D eigenvalue weighted by molar-refractivity contribution is -0.309. The Hall–Kier alpha value is -2.30. The van der Waals surface area contributed by atoms with Crippen LogP contribution in [0.4, 0.5) is 0 Å². The first-order valence-corrected chi connectivity index (χ1v) is 7.71. The number of hydrogen-bond donors (Lipinski definition) is 5. The van der Waals surface area contributed by atoms with Crippen LogP contribution in [0.2, 0.25) is 0 Å². The molecule has 0 aromatic carbocycles. The average molecular weight is 360 g/mol. The summed E-state index contributed by atoms with van der Waals surface area (Å²) in [5.74, 6) is 20.2. The van der Waals surface area contributed by atoms with E-state index in [-0.39, 0.29) is 0 Å². The Morgan fingerprint density at radius 1 is 0.962 bits per heavy atom. The van der Waals surface area contributed by atoms with Gasteiger partial charge in [0.05, 0.1) is 13.2 Å². The van der Waals surface area contributed by atoms with Gasteiger partial charge in [0.1, 0.15) is 30.5 Å². The molecule has 26 heavy (non-hydrogen) atoms. The maximum absolute atomic E-state index is 9.88. The lowest BCUT2D eigenvalue weighted by Gasteiger charge is -2.40. The van der Waals surface area contributed by atoms with Crippen molar-refractivity contribution in [1.29, 1.82) is 0 Å². The van der Waals surface area contributed by atoms with Crippen molar-refractivity contribution in [1.82, 2.24) is 0 Å². The maximum atomic E-state index is 9.88. The molecule has 0 aliphatic carbocycles. The van der Waals surface area contributed by atoms with E-state index in [2.05, 4.69) is 47.4 Å². The molecule has 0 aromatic rings. The van der Waals surface area contributed by atoms with Crippen LogP contribution in [0.1, 0.15) is 6.92 Å². The van der Waals surface area contributed by atoms with E-state index >= 15 is 0 Å². The smallest absolute Gasteiger partial charge is 0.187 e. The SMILES string of the molecule is CC#CC#CC#CC#C/C=C/C(CO)O[C@@H]1O[C@H](CO)[C@@H](O)[C@H](O)[C@H]1O. The number of aliphatic hydroxyl groups excluding tert-OH is 5. The lowest BCUT2D eigenvalue weighted by Crippen LogP contribution is -2.59. The summed E-state index contributed by atoms with van der Waals surface area (Å²) in [5.41, 5.74) is 0. The van der Waals surface area contributed by atoms with Crippen LogP contribution in [0.25, 0.3) is 0 Å². The highest BCUT2D eigenvalue weighted by molar-refractivity contribution is 5.41. The monoisotopic (exact) mass is 360 g/mol. The molecule has 1 aliphatic rings. The summed E-state index contributed by atoms with van der Waals surface area (Å²) >= 11 is 0. The van der Waals surface area contributed by atoms with Gasteiger partial charge >= 0.3 is 0 Å². The second-order valence-corrected chi connectivity index (χ2v) is 5.06. The Morgan fingerprint density at radius 3 is 2.23 bits per heavy atom. The minimum Gasteiger partial charge on any atom is -0.394 e. The first kappa shape index (κ1) is 21.7. The van der Waals surface area contributed by atoms with Crippen LogP contribution in [0, 0.1) is 47.4 Å². The molecular weight excluding hydrogens is 340 g/mol. The summed E-state index contributed by atoms with van der Waals surface area (Å²) in [6, 6.07) is 0. The van der Waals surface area contributed by atoms with E-state index in [4.69, 9.17) is 14.6 Å². The summed E-state index contributed by atoms with van der Waals surface area (Å²) in [7, 11) is 0. The predicted octanol–water partition coefficient (Wildman–Crippen LogP) is -2.25. The summed E-state index contributed by atoms with van der Waals surface area (Å²) in [6.07, 6.45) is -5.10. The van der Waals surface area contributed by atoms with Crippen LogP contribution < -0.4 is 0 Å². The van der Waals surface area contributed by atoms with E-state index < -0.39 is 50.0 Å². The zero-order chi connectivity index (χ0) is 19.4. The van der Waals surface area contributed by atoms with E-state index in [1.807, 2.05) is 0 Å². The zero-order valence-electron chi connectivity index (χ0n) is 14.1. The Bertz CT molecular complexity index is 712. The Kier molecular flexibility index (Phi) is 10.1. The fourth-order valence-electron chi connectivity index (χ4n) is 1.92. The van der Waals surface area contributed by atoms with Gasteiger partial charge in [0, 0.05) is 0 Å². The van der Waals surface area contributed by atoms with Gasteiger partial charge < -0.3 is 35.0 Å². The number of aliphatic hydroxyl groups is 5. The molecule has 1 rings (SSSR count). The molecule has 0 bridgehead atoms. The fraction of sp³-hybridized carbons (Fsp3) is 0.474. The van der Waals surface area contributed by atoms with Crippen molar-refractivity contribution in [2.24, 2.45) is 0 Å². The van der Waals surface area contributed by atoms with Crippen LogP contribution in [0.3, 0.4) is 0 Å². The molecule has 1 aliphatic heterocycles. The summed E-state index contributed by atoms with van der Waals surface area (Å²) in [6.45, 7) is 0.651. The van der Waals surface area contributed by atoms with Crippen molar-refractivity contribution < 1.29 is 35.0 Å². The van der Waals surface area contributed by atoms with Crippen LogP contribution >= 0.6 is 0 Å². The Morgan fingerprint density at radius 2 is 1.62 bits per heavy atom. The van der Waals surface area contributed by atoms with Gasteiger partial charge in [-0.2, -0.15) is 0 Å². The normalized spacial score (nSPS) is 28.3. The molecule has 0 amide bonds. The highest BCUT2D eigenvalue weighted by Crippen LogP contribution is 2.23. The van der Waals surface area contributed by atoms with Crippen molar-refractivity contribution in [3.8, 4) is 47.4 Å². The molecule has 0 spiro atoms. The van der Waals surface area contributed by atoms with Gasteiger partial charge in [0.25, 0.3) is 0 Å². The standard InChI is InChI=1S/C19H20O7/c1-2-3-4-5-6-7-8-9-10-11-14(12-20)25-19-18(24)17(23)16(22)15(13-21)26-19/h10-11,14-24H,12-13H2,1H3/b11-10+/t14?,15-,16-,17+,18-,19-/m1/s1. The quantitative estimate of drug-likeness (QED) is 0.352. The van der Waals surface area contributed by atoms with Crippen molar-refractivity contribution in [3.63, 3.8) is 0 Å². The van der Waals surface area contributed by atoms with Crippen LogP contribution in [0.15, 0.2) is 12.2 Å². The van der Waals surface area contributed by atoms with Gasteiger partial charge in [0.2, 0.25) is 0 Å². The van der Waals surface area contributed by atoms with E-state index in [0.29, 0.717) is 0 Å². The molecule has 1 fully saturated rings. The van der Waals surface area contributed by atoms with Crippen LogP contribution in [-0.2, 0) is 9.47 Å². The topological polar surface area (TPSA) is 120 Å². The first-order valence-electron chi connectivity index (χ1n) is 7.71. The Labute approximate surface area is 152 Å². The van der Waals surface area contributed by atoms with Crippen LogP contribution in [-0.4, -0.2) is 75.6 Å². The Balaban J connectivity index is 2.64. The lowest BCUT2D eigenvalue weighted by atomic mass is 9.99. The minimum atomic E-state index is -1.55. The molecule has 1 heterocycles. The average Bonchev–Trinajstić information content (AvgIpc) is 2.65. The zero-order valence-corrected chi connectivity index (χ0v) is 14.1. The van der Waals surface area contributed by atoms with Gasteiger partial charge in [-0.05, 0) is 54.6 Å². The number of hydrogen-bond acceptors (Lipinski definition) is 7. The van der Waals surface area contributed by atoms with Crippen molar-refractivity contribution >= 4 is 0 Å². The first-order chi connectivity index (χ1) is 12.5. The molecule has 1 unspecified atom stereocenters. The number of ether oxygens (including phenoxy) is 2. The molecule has 138 valence electrons. The van der Waals surface area contributed by atoms with Gasteiger partial charge in [-0.25, -0.2) is 0 Å². The van der Waals surface area contributed by atoms with Crippen LogP contribution in [0.5, 0.6) is 0 Å². The van der Waals surface area contributed by atoms with E-state index in [1.165, 1.54) is 12.2 Å². The van der Waals surface area contributed by atoms with Crippen molar-refractivity contribution in [3.05, 3.63) is 12.2 Å². The molecule has 0 saturated carbocycles.